The standard InChI is InChI=1S/C10H23NO/c1-5-9(3)11(7-8-12)10(4)6-2/h9-10,12H,5-8H2,1-4H3. The van der Waals surface area contributed by atoms with Crippen molar-refractivity contribution in [2.75, 3.05) is 13.2 Å². The Morgan fingerprint density at radius 2 is 1.50 bits per heavy atom. The van der Waals surface area contributed by atoms with Crippen LogP contribution in [0.2, 0.25) is 0 Å². The fraction of sp³-hybridized carbons (Fsp3) is 1.00. The zero-order valence-electron chi connectivity index (χ0n) is 8.88. The second-order valence-corrected chi connectivity index (χ2v) is 3.48. The molecule has 2 nitrogen and oxygen atoms in total. The minimum atomic E-state index is 0.273. The molecule has 0 saturated carbocycles. The Morgan fingerprint density at radius 1 is 1.08 bits per heavy atom. The van der Waals surface area contributed by atoms with E-state index in [1.807, 2.05) is 0 Å². The Bertz CT molecular complexity index is 96.0. The molecule has 0 heterocycles. The summed E-state index contributed by atoms with van der Waals surface area (Å²) in [6, 6.07) is 1.18. The average molecular weight is 173 g/mol. The third kappa shape index (κ3) is 3.55. The fourth-order valence-electron chi connectivity index (χ4n) is 1.46. The normalized spacial score (nSPS) is 16.5. The summed E-state index contributed by atoms with van der Waals surface area (Å²) in [7, 11) is 0. The molecule has 2 unspecified atom stereocenters. The molecule has 0 rings (SSSR count). The Morgan fingerprint density at radius 3 is 1.75 bits per heavy atom. The van der Waals surface area contributed by atoms with Gasteiger partial charge in [0.2, 0.25) is 0 Å². The first kappa shape index (κ1) is 11.9. The summed E-state index contributed by atoms with van der Waals surface area (Å²) in [5.74, 6) is 0. The molecule has 0 aromatic carbocycles. The van der Waals surface area contributed by atoms with E-state index in [2.05, 4.69) is 32.6 Å². The molecule has 74 valence electrons. The molecular weight excluding hydrogens is 150 g/mol. The highest BCUT2D eigenvalue weighted by molar-refractivity contribution is 4.71. The highest BCUT2D eigenvalue weighted by Crippen LogP contribution is 2.10. The van der Waals surface area contributed by atoms with Crippen LogP contribution in [0.25, 0.3) is 0 Å². The maximum Gasteiger partial charge on any atom is 0.0558 e. The van der Waals surface area contributed by atoms with Crippen LogP contribution in [0.15, 0.2) is 0 Å². The van der Waals surface area contributed by atoms with E-state index in [-0.39, 0.29) is 6.61 Å². The van der Waals surface area contributed by atoms with Crippen molar-refractivity contribution in [3.05, 3.63) is 0 Å². The van der Waals surface area contributed by atoms with E-state index in [1.54, 1.807) is 0 Å². The second-order valence-electron chi connectivity index (χ2n) is 3.48. The summed E-state index contributed by atoms with van der Waals surface area (Å²) < 4.78 is 0. The van der Waals surface area contributed by atoms with Crippen LogP contribution in [0.3, 0.4) is 0 Å². The van der Waals surface area contributed by atoms with Crippen molar-refractivity contribution in [1.29, 1.82) is 0 Å². The van der Waals surface area contributed by atoms with Gasteiger partial charge < -0.3 is 5.11 Å². The first-order valence-electron chi connectivity index (χ1n) is 5.03. The third-order valence-corrected chi connectivity index (χ3v) is 2.67. The van der Waals surface area contributed by atoms with Gasteiger partial charge in [0.1, 0.15) is 0 Å². The minimum absolute atomic E-state index is 0.273. The molecule has 0 bridgehead atoms. The van der Waals surface area contributed by atoms with Crippen LogP contribution < -0.4 is 0 Å². The third-order valence-electron chi connectivity index (χ3n) is 2.67. The van der Waals surface area contributed by atoms with Crippen LogP contribution in [0.5, 0.6) is 0 Å². The first-order chi connectivity index (χ1) is 5.67. The molecule has 12 heavy (non-hydrogen) atoms. The molecule has 0 radical (unpaired) electrons. The van der Waals surface area contributed by atoms with Crippen molar-refractivity contribution in [1.82, 2.24) is 4.90 Å². The van der Waals surface area contributed by atoms with E-state index in [9.17, 15) is 0 Å². The number of hydrogen-bond acceptors (Lipinski definition) is 2. The largest absolute Gasteiger partial charge is 0.395 e. The Labute approximate surface area is 76.6 Å². The van der Waals surface area contributed by atoms with Crippen LogP contribution in [0.4, 0.5) is 0 Å². The zero-order valence-corrected chi connectivity index (χ0v) is 8.88. The molecule has 2 atom stereocenters. The van der Waals surface area contributed by atoms with Gasteiger partial charge in [-0.2, -0.15) is 0 Å². The zero-order chi connectivity index (χ0) is 9.56. The van der Waals surface area contributed by atoms with Gasteiger partial charge in [0.05, 0.1) is 6.61 Å². The molecule has 0 spiro atoms. The van der Waals surface area contributed by atoms with Crippen LogP contribution >= 0.6 is 0 Å². The summed E-state index contributed by atoms with van der Waals surface area (Å²) in [5.41, 5.74) is 0. The van der Waals surface area contributed by atoms with E-state index in [4.69, 9.17) is 5.11 Å². The van der Waals surface area contributed by atoms with Gasteiger partial charge in [-0.15, -0.1) is 0 Å². The van der Waals surface area contributed by atoms with Crippen LogP contribution in [0, 0.1) is 0 Å². The fourth-order valence-corrected chi connectivity index (χ4v) is 1.46. The highest BCUT2D eigenvalue weighted by Gasteiger charge is 2.16. The van der Waals surface area contributed by atoms with Gasteiger partial charge in [-0.1, -0.05) is 13.8 Å². The van der Waals surface area contributed by atoms with Crippen molar-refractivity contribution in [2.45, 2.75) is 52.6 Å². The summed E-state index contributed by atoms with van der Waals surface area (Å²) in [6.07, 6.45) is 2.31. The Kier molecular flexibility index (Phi) is 6.39. The highest BCUT2D eigenvalue weighted by atomic mass is 16.3. The minimum Gasteiger partial charge on any atom is -0.395 e. The molecule has 0 aliphatic heterocycles. The van der Waals surface area contributed by atoms with Gasteiger partial charge in [-0.05, 0) is 26.7 Å². The summed E-state index contributed by atoms with van der Waals surface area (Å²) in [6.45, 7) is 9.91. The maximum absolute atomic E-state index is 8.88. The van der Waals surface area contributed by atoms with E-state index in [1.165, 1.54) is 0 Å². The predicted molar refractivity (Wildman–Crippen MR) is 53.3 cm³/mol. The number of aliphatic hydroxyl groups is 1. The predicted octanol–water partition coefficient (Wildman–Crippen LogP) is 1.88. The molecule has 1 N–H and O–H groups in total. The van der Waals surface area contributed by atoms with Crippen LogP contribution in [0.1, 0.15) is 40.5 Å². The molecule has 0 fully saturated rings. The lowest BCUT2D eigenvalue weighted by atomic mass is 10.1. The van der Waals surface area contributed by atoms with E-state index in [0.717, 1.165) is 19.4 Å². The van der Waals surface area contributed by atoms with Crippen LogP contribution in [-0.4, -0.2) is 35.2 Å². The molecule has 0 aliphatic rings. The monoisotopic (exact) mass is 173 g/mol. The number of hydrogen-bond donors (Lipinski definition) is 1. The average Bonchev–Trinajstić information content (AvgIpc) is 2.11. The number of rotatable bonds is 6. The molecule has 0 saturated heterocycles. The summed E-state index contributed by atoms with van der Waals surface area (Å²) in [4.78, 5) is 2.38. The van der Waals surface area contributed by atoms with Crippen molar-refractivity contribution in [3.63, 3.8) is 0 Å². The Hall–Kier alpha value is -0.0800. The molecule has 2 heteroatoms. The summed E-state index contributed by atoms with van der Waals surface area (Å²) >= 11 is 0. The van der Waals surface area contributed by atoms with Gasteiger partial charge in [-0.25, -0.2) is 0 Å². The maximum atomic E-state index is 8.88. The van der Waals surface area contributed by atoms with Crippen molar-refractivity contribution < 1.29 is 5.11 Å². The molecule has 0 aromatic rings. The van der Waals surface area contributed by atoms with Crippen LogP contribution in [-0.2, 0) is 0 Å². The van der Waals surface area contributed by atoms with Crippen molar-refractivity contribution in [3.8, 4) is 0 Å². The smallest absolute Gasteiger partial charge is 0.0558 e. The SMILES string of the molecule is CCC(C)N(CCO)C(C)CC. The molecule has 0 aromatic heterocycles. The number of nitrogens with zero attached hydrogens (tertiary/aromatic N) is 1. The first-order valence-corrected chi connectivity index (χ1v) is 5.03. The lowest BCUT2D eigenvalue weighted by Gasteiger charge is -2.33. The molecule has 0 amide bonds. The topological polar surface area (TPSA) is 23.5 Å². The van der Waals surface area contributed by atoms with Gasteiger partial charge in [0.15, 0.2) is 0 Å². The number of aliphatic hydroxyl groups excluding tert-OH is 1. The lowest BCUT2D eigenvalue weighted by Crippen LogP contribution is -2.41. The van der Waals surface area contributed by atoms with Gasteiger partial charge in [0, 0.05) is 18.6 Å². The second kappa shape index (κ2) is 6.44. The molecule has 0 aliphatic carbocycles. The molecular formula is C10H23NO. The van der Waals surface area contributed by atoms with E-state index in [0.29, 0.717) is 12.1 Å². The summed E-state index contributed by atoms with van der Waals surface area (Å²) in [5, 5.41) is 8.88. The van der Waals surface area contributed by atoms with Gasteiger partial charge in [-0.3, -0.25) is 4.90 Å². The lowest BCUT2D eigenvalue weighted by molar-refractivity contribution is 0.113. The van der Waals surface area contributed by atoms with Gasteiger partial charge >= 0.3 is 0 Å². The van der Waals surface area contributed by atoms with Crippen molar-refractivity contribution in [2.24, 2.45) is 0 Å². The van der Waals surface area contributed by atoms with Crippen molar-refractivity contribution >= 4 is 0 Å². The van der Waals surface area contributed by atoms with E-state index < -0.39 is 0 Å². The van der Waals surface area contributed by atoms with E-state index >= 15 is 0 Å². The Balaban J connectivity index is 4.01. The van der Waals surface area contributed by atoms with Gasteiger partial charge in [0.25, 0.3) is 0 Å². The quantitative estimate of drug-likeness (QED) is 0.663.